The molecule has 0 saturated heterocycles. The highest BCUT2D eigenvalue weighted by Crippen LogP contribution is 2.29. The Morgan fingerprint density at radius 2 is 1.71 bits per heavy atom. The van der Waals surface area contributed by atoms with Crippen LogP contribution in [0.2, 0.25) is 0 Å². The van der Waals surface area contributed by atoms with Crippen molar-refractivity contribution in [2.75, 3.05) is 11.9 Å². The summed E-state index contributed by atoms with van der Waals surface area (Å²) in [7, 11) is 0. The summed E-state index contributed by atoms with van der Waals surface area (Å²) in [5.74, 6) is 0.202. The number of fused-ring (bicyclic) bond motifs is 1. The summed E-state index contributed by atoms with van der Waals surface area (Å²) in [6.45, 7) is 5.70. The molecular weight excluding hydrogens is 352 g/mol. The van der Waals surface area contributed by atoms with Crippen LogP contribution in [0.1, 0.15) is 29.8 Å². The molecule has 5 nitrogen and oxygen atoms in total. The van der Waals surface area contributed by atoms with Crippen molar-refractivity contribution >= 4 is 28.3 Å². The number of benzene rings is 3. The zero-order valence-corrected chi connectivity index (χ0v) is 16.3. The van der Waals surface area contributed by atoms with Gasteiger partial charge in [-0.25, -0.2) is 0 Å². The number of carbonyl (C=O) groups is 2. The van der Waals surface area contributed by atoms with Gasteiger partial charge in [0.05, 0.1) is 0 Å². The highest BCUT2D eigenvalue weighted by molar-refractivity contribution is 6.14. The lowest BCUT2D eigenvalue weighted by atomic mass is 10.0. The smallest absolute Gasteiger partial charge is 0.258 e. The van der Waals surface area contributed by atoms with Crippen molar-refractivity contribution in [2.45, 2.75) is 26.8 Å². The highest BCUT2D eigenvalue weighted by Gasteiger charge is 2.14. The monoisotopic (exact) mass is 376 g/mol. The fraction of sp³-hybridized carbons (Fsp3) is 0.217. The van der Waals surface area contributed by atoms with Crippen LogP contribution < -0.4 is 15.4 Å². The normalized spacial score (nSPS) is 10.7. The first-order valence-electron chi connectivity index (χ1n) is 9.26. The van der Waals surface area contributed by atoms with Crippen molar-refractivity contribution in [1.82, 2.24) is 5.32 Å². The molecule has 0 heterocycles. The van der Waals surface area contributed by atoms with Crippen LogP contribution in [0.25, 0.3) is 10.8 Å². The van der Waals surface area contributed by atoms with Crippen LogP contribution in [0, 0.1) is 6.92 Å². The molecule has 0 atom stereocenters. The molecule has 0 aliphatic carbocycles. The van der Waals surface area contributed by atoms with E-state index in [1.54, 1.807) is 12.1 Å². The molecule has 0 radical (unpaired) electrons. The first kappa shape index (κ1) is 19.4. The van der Waals surface area contributed by atoms with Crippen LogP contribution in [-0.2, 0) is 4.79 Å². The summed E-state index contributed by atoms with van der Waals surface area (Å²) < 4.78 is 5.71. The third-order valence-electron chi connectivity index (χ3n) is 4.21. The first-order valence-corrected chi connectivity index (χ1v) is 9.26. The molecule has 2 amide bonds. The molecule has 0 bridgehead atoms. The number of carbonyl (C=O) groups excluding carboxylic acids is 2. The van der Waals surface area contributed by atoms with Crippen LogP contribution in [0.15, 0.2) is 60.7 Å². The van der Waals surface area contributed by atoms with Crippen LogP contribution in [-0.4, -0.2) is 24.5 Å². The molecule has 0 unspecified atom stereocenters. The van der Waals surface area contributed by atoms with Crippen molar-refractivity contribution in [3.8, 4) is 5.75 Å². The van der Waals surface area contributed by atoms with Crippen molar-refractivity contribution in [1.29, 1.82) is 0 Å². The van der Waals surface area contributed by atoms with E-state index in [2.05, 4.69) is 10.6 Å². The number of anilines is 1. The molecule has 2 N–H and O–H groups in total. The van der Waals surface area contributed by atoms with Gasteiger partial charge in [-0.15, -0.1) is 0 Å². The average Bonchev–Trinajstić information content (AvgIpc) is 2.65. The molecule has 0 aliphatic rings. The van der Waals surface area contributed by atoms with E-state index in [9.17, 15) is 9.59 Å². The predicted molar refractivity (Wildman–Crippen MR) is 112 cm³/mol. The number of rotatable bonds is 6. The highest BCUT2D eigenvalue weighted by atomic mass is 16.5. The van der Waals surface area contributed by atoms with Crippen LogP contribution in [0.4, 0.5) is 5.69 Å². The Kier molecular flexibility index (Phi) is 5.94. The van der Waals surface area contributed by atoms with Gasteiger partial charge in [-0.3, -0.25) is 9.59 Å². The molecule has 3 aromatic carbocycles. The summed E-state index contributed by atoms with van der Waals surface area (Å²) in [5, 5.41) is 7.29. The van der Waals surface area contributed by atoms with Gasteiger partial charge in [0, 0.05) is 22.7 Å². The van der Waals surface area contributed by atoms with Crippen LogP contribution in [0.3, 0.4) is 0 Å². The summed E-state index contributed by atoms with van der Waals surface area (Å²) in [4.78, 5) is 24.7. The second-order valence-corrected chi connectivity index (χ2v) is 6.99. The maximum Gasteiger partial charge on any atom is 0.258 e. The molecule has 0 aromatic heterocycles. The van der Waals surface area contributed by atoms with E-state index in [0.717, 1.165) is 22.0 Å². The van der Waals surface area contributed by atoms with E-state index >= 15 is 0 Å². The maximum atomic E-state index is 12.8. The van der Waals surface area contributed by atoms with E-state index in [-0.39, 0.29) is 24.5 Å². The van der Waals surface area contributed by atoms with E-state index in [0.29, 0.717) is 11.3 Å². The van der Waals surface area contributed by atoms with Crippen molar-refractivity contribution in [3.05, 3.63) is 71.8 Å². The Morgan fingerprint density at radius 1 is 0.964 bits per heavy atom. The number of nitrogens with one attached hydrogen (secondary N) is 2. The number of aryl methyl sites for hydroxylation is 1. The third kappa shape index (κ3) is 4.68. The van der Waals surface area contributed by atoms with E-state index in [1.165, 1.54) is 0 Å². The van der Waals surface area contributed by atoms with E-state index in [4.69, 9.17) is 4.74 Å². The second-order valence-electron chi connectivity index (χ2n) is 6.99. The van der Waals surface area contributed by atoms with Gasteiger partial charge in [-0.2, -0.15) is 0 Å². The summed E-state index contributed by atoms with van der Waals surface area (Å²) in [5.41, 5.74) is 2.38. The van der Waals surface area contributed by atoms with E-state index in [1.807, 2.05) is 69.3 Å². The van der Waals surface area contributed by atoms with E-state index < -0.39 is 0 Å². The molecular formula is C23H24N2O3. The van der Waals surface area contributed by atoms with Gasteiger partial charge < -0.3 is 15.4 Å². The Bertz CT molecular complexity index is 1010. The van der Waals surface area contributed by atoms with Gasteiger partial charge in [0.1, 0.15) is 5.75 Å². The summed E-state index contributed by atoms with van der Waals surface area (Å²) in [6, 6.07) is 18.7. The maximum absolute atomic E-state index is 12.8. The lowest BCUT2D eigenvalue weighted by Crippen LogP contribution is -2.34. The predicted octanol–water partition coefficient (Wildman–Crippen LogP) is 4.30. The number of ether oxygens (including phenoxy) is 1. The summed E-state index contributed by atoms with van der Waals surface area (Å²) >= 11 is 0. The van der Waals surface area contributed by atoms with Gasteiger partial charge in [-0.1, -0.05) is 36.4 Å². The fourth-order valence-corrected chi connectivity index (χ4v) is 3.02. The average molecular weight is 376 g/mol. The second kappa shape index (κ2) is 8.57. The number of hydrogen-bond donors (Lipinski definition) is 2. The Balaban J connectivity index is 1.85. The Labute approximate surface area is 164 Å². The number of amides is 2. The molecule has 3 rings (SSSR count). The minimum absolute atomic E-state index is 0.0561. The molecule has 5 heteroatoms. The fourth-order valence-electron chi connectivity index (χ4n) is 3.02. The van der Waals surface area contributed by atoms with Crippen molar-refractivity contribution in [3.63, 3.8) is 0 Å². The van der Waals surface area contributed by atoms with Gasteiger partial charge in [-0.05, 0) is 56.0 Å². The zero-order valence-electron chi connectivity index (χ0n) is 16.3. The third-order valence-corrected chi connectivity index (χ3v) is 4.21. The standard InChI is InChI=1S/C23H24N2O3/c1-15(2)24-22(26)14-28-21-12-11-20(18-9-4-5-10-19(18)21)23(27)25-17-8-6-7-16(3)13-17/h4-13,15H,14H2,1-3H3,(H,24,26)(H,25,27). The quantitative estimate of drug-likeness (QED) is 0.674. The minimum atomic E-state index is -0.189. The Hall–Kier alpha value is -3.34. The molecule has 0 spiro atoms. The van der Waals surface area contributed by atoms with Crippen LogP contribution >= 0.6 is 0 Å². The molecule has 3 aromatic rings. The lowest BCUT2D eigenvalue weighted by molar-refractivity contribution is -0.123. The lowest BCUT2D eigenvalue weighted by Gasteiger charge is -2.14. The van der Waals surface area contributed by atoms with Crippen molar-refractivity contribution in [2.24, 2.45) is 0 Å². The topological polar surface area (TPSA) is 67.4 Å². The molecule has 0 saturated carbocycles. The van der Waals surface area contributed by atoms with Gasteiger partial charge >= 0.3 is 0 Å². The van der Waals surface area contributed by atoms with Crippen LogP contribution in [0.5, 0.6) is 5.75 Å². The molecule has 0 fully saturated rings. The molecule has 144 valence electrons. The zero-order chi connectivity index (χ0) is 20.1. The molecule has 28 heavy (non-hydrogen) atoms. The largest absolute Gasteiger partial charge is 0.483 e. The van der Waals surface area contributed by atoms with Crippen molar-refractivity contribution < 1.29 is 14.3 Å². The SMILES string of the molecule is Cc1cccc(NC(=O)c2ccc(OCC(=O)NC(C)C)c3ccccc23)c1. The minimum Gasteiger partial charge on any atom is -0.483 e. The van der Waals surface area contributed by atoms with Gasteiger partial charge in [0.25, 0.3) is 11.8 Å². The summed E-state index contributed by atoms with van der Waals surface area (Å²) in [6.07, 6.45) is 0. The number of hydrogen-bond acceptors (Lipinski definition) is 3. The van der Waals surface area contributed by atoms with Gasteiger partial charge in [0.15, 0.2) is 6.61 Å². The Morgan fingerprint density at radius 3 is 2.43 bits per heavy atom. The molecule has 0 aliphatic heterocycles. The van der Waals surface area contributed by atoms with Gasteiger partial charge in [0.2, 0.25) is 0 Å². The first-order chi connectivity index (χ1) is 13.4.